The fraction of sp³-hybridized carbons (Fsp3) is 0.200. The minimum atomic E-state index is -0.281. The molecule has 2 aromatic carbocycles. The summed E-state index contributed by atoms with van der Waals surface area (Å²) in [5.74, 6) is 0.276. The van der Waals surface area contributed by atoms with Gasteiger partial charge in [0.2, 0.25) is 0 Å². The number of rotatable bonds is 2. The Labute approximate surface area is 95.4 Å². The summed E-state index contributed by atoms with van der Waals surface area (Å²) >= 11 is 0. The Morgan fingerprint density at radius 2 is 1.44 bits per heavy atom. The van der Waals surface area contributed by atoms with Crippen molar-refractivity contribution in [3.8, 4) is 0 Å². The molecule has 1 heteroatoms. The van der Waals surface area contributed by atoms with Crippen LogP contribution in [0.25, 0.3) is 0 Å². The lowest BCUT2D eigenvalue weighted by Gasteiger charge is -2.36. The highest BCUT2D eigenvalue weighted by molar-refractivity contribution is 5.44. The Balaban J connectivity index is 1.85. The van der Waals surface area contributed by atoms with Crippen molar-refractivity contribution >= 4 is 0 Å². The predicted octanol–water partition coefficient (Wildman–Crippen LogP) is 3.06. The fourth-order valence-corrected chi connectivity index (χ4v) is 2.50. The molecule has 0 radical (unpaired) electrons. The normalized spacial score (nSPS) is 22.3. The first-order valence-electron chi connectivity index (χ1n) is 5.67. The van der Waals surface area contributed by atoms with Gasteiger partial charge in [0.25, 0.3) is 0 Å². The average molecular weight is 210 g/mol. The smallest absolute Gasteiger partial charge is 0.0864 e. The third-order valence-corrected chi connectivity index (χ3v) is 3.39. The average Bonchev–Trinajstić information content (AvgIpc) is 2.37. The van der Waals surface area contributed by atoms with Gasteiger partial charge in [0.05, 0.1) is 6.10 Å². The molecular formula is C15H14O. The van der Waals surface area contributed by atoms with Crippen LogP contribution in [-0.2, 0) is 6.42 Å². The molecule has 80 valence electrons. The lowest BCUT2D eigenvalue weighted by atomic mass is 9.72. The third-order valence-electron chi connectivity index (χ3n) is 3.39. The maximum atomic E-state index is 10.0. The molecule has 1 N–H and O–H groups in total. The van der Waals surface area contributed by atoms with Crippen molar-refractivity contribution < 1.29 is 5.11 Å². The van der Waals surface area contributed by atoms with Gasteiger partial charge < -0.3 is 5.11 Å². The molecule has 0 heterocycles. The summed E-state index contributed by atoms with van der Waals surface area (Å²) < 4.78 is 0. The zero-order valence-electron chi connectivity index (χ0n) is 9.01. The molecule has 0 bridgehead atoms. The maximum Gasteiger partial charge on any atom is 0.0864 e. The van der Waals surface area contributed by atoms with E-state index in [0.717, 1.165) is 12.0 Å². The highest BCUT2D eigenvalue weighted by atomic mass is 16.3. The van der Waals surface area contributed by atoms with E-state index < -0.39 is 0 Å². The van der Waals surface area contributed by atoms with Gasteiger partial charge in [-0.1, -0.05) is 54.6 Å². The Morgan fingerprint density at radius 1 is 0.812 bits per heavy atom. The molecule has 1 nitrogen and oxygen atoms in total. The van der Waals surface area contributed by atoms with Crippen molar-refractivity contribution in [2.24, 2.45) is 0 Å². The lowest BCUT2D eigenvalue weighted by molar-refractivity contribution is 0.115. The maximum absolute atomic E-state index is 10.0. The summed E-state index contributed by atoms with van der Waals surface area (Å²) in [4.78, 5) is 0. The highest BCUT2D eigenvalue weighted by Crippen LogP contribution is 2.46. The second-order valence-electron chi connectivity index (χ2n) is 4.37. The zero-order valence-corrected chi connectivity index (χ0v) is 9.01. The van der Waals surface area contributed by atoms with Crippen molar-refractivity contribution in [3.05, 3.63) is 71.3 Å². The molecule has 0 spiro atoms. The molecule has 1 aliphatic carbocycles. The number of fused-ring (bicyclic) bond motifs is 1. The van der Waals surface area contributed by atoms with Gasteiger partial charge in [-0.3, -0.25) is 0 Å². The van der Waals surface area contributed by atoms with E-state index >= 15 is 0 Å². The molecule has 3 rings (SSSR count). The second kappa shape index (κ2) is 3.76. The van der Waals surface area contributed by atoms with Crippen molar-refractivity contribution in [1.82, 2.24) is 0 Å². The van der Waals surface area contributed by atoms with E-state index in [0.29, 0.717) is 0 Å². The molecule has 2 aromatic rings. The quantitative estimate of drug-likeness (QED) is 0.807. The lowest BCUT2D eigenvalue weighted by Crippen LogP contribution is -2.25. The van der Waals surface area contributed by atoms with Crippen LogP contribution in [0.4, 0.5) is 0 Å². The molecule has 0 fully saturated rings. The predicted molar refractivity (Wildman–Crippen MR) is 64.3 cm³/mol. The zero-order chi connectivity index (χ0) is 11.0. The summed E-state index contributed by atoms with van der Waals surface area (Å²) in [6.45, 7) is 0. The van der Waals surface area contributed by atoms with Crippen LogP contribution in [0, 0.1) is 0 Å². The molecule has 16 heavy (non-hydrogen) atoms. The van der Waals surface area contributed by atoms with E-state index in [9.17, 15) is 5.11 Å². The van der Waals surface area contributed by atoms with Gasteiger partial charge >= 0.3 is 0 Å². The minimum absolute atomic E-state index is 0.276. The summed E-state index contributed by atoms with van der Waals surface area (Å²) in [6.07, 6.45) is 0.648. The molecular weight excluding hydrogens is 196 g/mol. The second-order valence-corrected chi connectivity index (χ2v) is 4.37. The minimum Gasteiger partial charge on any atom is -0.388 e. The van der Waals surface area contributed by atoms with Crippen molar-refractivity contribution in [2.45, 2.75) is 18.4 Å². The van der Waals surface area contributed by atoms with Crippen LogP contribution in [0.1, 0.15) is 28.7 Å². The SMILES string of the molecule is OC1c2ccccc2C1Cc1ccccc1. The van der Waals surface area contributed by atoms with Gasteiger partial charge in [0.15, 0.2) is 0 Å². The summed E-state index contributed by atoms with van der Waals surface area (Å²) in [7, 11) is 0. The standard InChI is InChI=1S/C15H14O/c16-15-13-9-5-4-8-12(13)14(15)10-11-6-2-1-3-7-11/h1-9,14-16H,10H2. The Morgan fingerprint density at radius 3 is 2.19 bits per heavy atom. The molecule has 0 amide bonds. The van der Waals surface area contributed by atoms with E-state index in [4.69, 9.17) is 0 Å². The molecule has 0 aromatic heterocycles. The Hall–Kier alpha value is -1.60. The number of aliphatic hydroxyl groups excluding tert-OH is 1. The number of benzene rings is 2. The van der Waals surface area contributed by atoms with Gasteiger partial charge in [-0.25, -0.2) is 0 Å². The van der Waals surface area contributed by atoms with E-state index in [1.165, 1.54) is 11.1 Å². The number of hydrogen-bond donors (Lipinski definition) is 1. The van der Waals surface area contributed by atoms with Crippen LogP contribution >= 0.6 is 0 Å². The van der Waals surface area contributed by atoms with Gasteiger partial charge in [0, 0.05) is 5.92 Å². The molecule has 0 aliphatic heterocycles. The van der Waals surface area contributed by atoms with Gasteiger partial charge in [-0.2, -0.15) is 0 Å². The van der Waals surface area contributed by atoms with E-state index in [2.05, 4.69) is 18.2 Å². The number of hydrogen-bond acceptors (Lipinski definition) is 1. The summed E-state index contributed by atoms with van der Waals surface area (Å²) in [5.41, 5.74) is 3.70. The Kier molecular flexibility index (Phi) is 2.26. The first kappa shape index (κ1) is 9.61. The van der Waals surface area contributed by atoms with Gasteiger partial charge in [0.1, 0.15) is 0 Å². The Bertz CT molecular complexity index is 490. The third kappa shape index (κ3) is 1.44. The molecule has 1 aliphatic rings. The van der Waals surface area contributed by atoms with E-state index in [-0.39, 0.29) is 12.0 Å². The molecule has 0 saturated carbocycles. The van der Waals surface area contributed by atoms with Crippen LogP contribution in [0.2, 0.25) is 0 Å². The van der Waals surface area contributed by atoms with Gasteiger partial charge in [-0.05, 0) is 23.1 Å². The summed E-state index contributed by atoms with van der Waals surface area (Å²) in [5, 5.41) is 10.0. The van der Waals surface area contributed by atoms with Crippen molar-refractivity contribution in [1.29, 1.82) is 0 Å². The van der Waals surface area contributed by atoms with Crippen LogP contribution in [-0.4, -0.2) is 5.11 Å². The number of aliphatic hydroxyl groups is 1. The first-order valence-corrected chi connectivity index (χ1v) is 5.67. The fourth-order valence-electron chi connectivity index (χ4n) is 2.50. The molecule has 0 saturated heterocycles. The first-order chi connectivity index (χ1) is 7.86. The van der Waals surface area contributed by atoms with Crippen molar-refractivity contribution in [3.63, 3.8) is 0 Å². The largest absolute Gasteiger partial charge is 0.388 e. The monoisotopic (exact) mass is 210 g/mol. The topological polar surface area (TPSA) is 20.2 Å². The molecule has 2 atom stereocenters. The highest BCUT2D eigenvalue weighted by Gasteiger charge is 2.35. The van der Waals surface area contributed by atoms with Crippen molar-refractivity contribution in [2.75, 3.05) is 0 Å². The van der Waals surface area contributed by atoms with Gasteiger partial charge in [-0.15, -0.1) is 0 Å². The van der Waals surface area contributed by atoms with Crippen LogP contribution in [0.5, 0.6) is 0 Å². The molecule has 2 unspecified atom stereocenters. The van der Waals surface area contributed by atoms with Crippen LogP contribution < -0.4 is 0 Å². The summed E-state index contributed by atoms with van der Waals surface area (Å²) in [6, 6.07) is 18.5. The van der Waals surface area contributed by atoms with E-state index in [1.807, 2.05) is 36.4 Å². The van der Waals surface area contributed by atoms with Crippen LogP contribution in [0.15, 0.2) is 54.6 Å². The van der Waals surface area contributed by atoms with E-state index in [1.54, 1.807) is 0 Å². The van der Waals surface area contributed by atoms with Crippen LogP contribution in [0.3, 0.4) is 0 Å².